The first-order chi connectivity index (χ1) is 27.1. The summed E-state index contributed by atoms with van der Waals surface area (Å²) in [5, 5.41) is 34.7. The zero-order valence-electron chi connectivity index (χ0n) is 33.2. The number of carboxylic acid groups (broad SMARTS) is 2. The maximum Gasteiger partial charge on any atom is 0.336 e. The van der Waals surface area contributed by atoms with Crippen LogP contribution in [0.1, 0.15) is 84.5 Å². The molecule has 2 aliphatic rings. The summed E-state index contributed by atoms with van der Waals surface area (Å²) in [7, 11) is 0. The van der Waals surface area contributed by atoms with E-state index < -0.39 is 27.9 Å². The zero-order chi connectivity index (χ0) is 43.3. The van der Waals surface area contributed by atoms with Crippen molar-refractivity contribution in [2.24, 2.45) is 21.8 Å². The molecule has 6 rings (SSSR count). The second-order valence-corrected chi connectivity index (χ2v) is 15.0. The third kappa shape index (κ3) is 9.49. The lowest BCUT2D eigenvalue weighted by Gasteiger charge is -2.21. The smallest absolute Gasteiger partial charge is 0.336 e. The maximum atomic E-state index is 12.1. The van der Waals surface area contributed by atoms with Crippen molar-refractivity contribution in [2.75, 3.05) is 5.73 Å². The monoisotopic (exact) mass is 812 g/mol. The zero-order valence-corrected chi connectivity index (χ0v) is 34.0. The standard InChI is InChI=1S/2C15H18N2O3.C12H9ClN2O3/c1-8(2)15(4)14(20)16-12(17-15)11-7-9(3)5-6-10(11)13(18)19;1-8(2)15(4)14(20)16-12(17-15)10-6-5-9(3)7-11(10)13(18)19;13-11-10(18-8-4-2-1-3-5-8)7-6-9(12(11)14)15(16)17/h2*5-8H,1-4H3,(H,18,19)(H,16,17,20);1-7H,14H2. The van der Waals surface area contributed by atoms with Crippen molar-refractivity contribution in [1.29, 1.82) is 0 Å². The highest BCUT2D eigenvalue weighted by Crippen LogP contribution is 2.39. The fourth-order valence-corrected chi connectivity index (χ4v) is 5.82. The highest BCUT2D eigenvalue weighted by Gasteiger charge is 2.43. The number of hydrogen-bond acceptors (Lipinski definition) is 10. The molecule has 2 amide bonds. The molecule has 0 aromatic heterocycles. The van der Waals surface area contributed by atoms with Crippen molar-refractivity contribution in [3.63, 3.8) is 0 Å². The second-order valence-electron chi connectivity index (χ2n) is 14.6. The van der Waals surface area contributed by atoms with Gasteiger partial charge < -0.3 is 31.3 Å². The molecule has 0 spiro atoms. The number of nitrogens with one attached hydrogen (secondary N) is 2. The summed E-state index contributed by atoms with van der Waals surface area (Å²) in [5.41, 5.74) is 6.50. The predicted molar refractivity (Wildman–Crippen MR) is 221 cm³/mol. The topological polar surface area (TPSA) is 236 Å². The number of amides is 2. The van der Waals surface area contributed by atoms with E-state index in [1.165, 1.54) is 18.2 Å². The van der Waals surface area contributed by atoms with Gasteiger partial charge in [-0.25, -0.2) is 9.59 Å². The van der Waals surface area contributed by atoms with Crippen LogP contribution in [-0.4, -0.2) is 61.6 Å². The number of aryl methyl sites for hydroxylation is 2. The van der Waals surface area contributed by atoms with Gasteiger partial charge in [0.25, 0.3) is 17.5 Å². The highest BCUT2D eigenvalue weighted by molar-refractivity contribution is 6.35. The second kappa shape index (κ2) is 17.7. The molecular weight excluding hydrogens is 768 g/mol. The van der Waals surface area contributed by atoms with Crippen LogP contribution in [0.3, 0.4) is 0 Å². The number of hydrogen-bond donors (Lipinski definition) is 5. The number of aliphatic imine (C=N–C) groups is 2. The van der Waals surface area contributed by atoms with Crippen molar-refractivity contribution >= 4 is 58.4 Å². The molecule has 0 radical (unpaired) electrons. The predicted octanol–water partition coefficient (Wildman–Crippen LogP) is 7.59. The quantitative estimate of drug-likeness (QED) is 0.0630. The van der Waals surface area contributed by atoms with Gasteiger partial charge in [0.2, 0.25) is 0 Å². The largest absolute Gasteiger partial charge is 0.478 e. The van der Waals surface area contributed by atoms with Gasteiger partial charge in [0.05, 0.1) is 16.1 Å². The number of nitrogens with zero attached hydrogens (tertiary/aromatic N) is 3. The number of carbonyl (C=O) groups excluding carboxylic acids is 2. The lowest BCUT2D eigenvalue weighted by Crippen LogP contribution is -2.41. The number of carbonyl (C=O) groups is 4. The summed E-state index contributed by atoms with van der Waals surface area (Å²) in [5.74, 6) is -0.861. The van der Waals surface area contributed by atoms with E-state index in [2.05, 4.69) is 20.6 Å². The number of nitro groups is 1. The summed E-state index contributed by atoms with van der Waals surface area (Å²) in [4.78, 5) is 65.8. The number of aromatic carboxylic acids is 2. The molecule has 2 unspecified atom stereocenters. The summed E-state index contributed by atoms with van der Waals surface area (Å²) in [6.45, 7) is 14.9. The molecule has 4 aromatic carbocycles. The third-order valence-corrected chi connectivity index (χ3v) is 10.3. The average Bonchev–Trinajstić information content (AvgIpc) is 3.65. The van der Waals surface area contributed by atoms with Crippen LogP contribution in [0.2, 0.25) is 5.02 Å². The number of anilines is 1. The number of halogens is 1. The van der Waals surface area contributed by atoms with Crippen molar-refractivity contribution in [3.8, 4) is 11.5 Å². The Kier molecular flexibility index (Phi) is 13.4. The molecule has 6 N–H and O–H groups in total. The lowest BCUT2D eigenvalue weighted by atomic mass is 9.89. The Morgan fingerprint density at radius 1 is 0.776 bits per heavy atom. The van der Waals surface area contributed by atoms with E-state index >= 15 is 0 Å². The molecule has 2 atom stereocenters. The van der Waals surface area contributed by atoms with Crippen LogP contribution in [0.15, 0.2) is 88.8 Å². The SMILES string of the molecule is Cc1ccc(C(=O)O)c(C2=NC(C)(C(C)C)C(=O)N2)c1.Cc1ccc(C2=NC(C)(C(C)C)C(=O)N2)c(C(=O)O)c1.Nc1c([N+](=O)[O-])ccc(Oc2ccccc2)c1Cl. The summed E-state index contributed by atoms with van der Waals surface area (Å²) in [6.07, 6.45) is 0. The Balaban J connectivity index is 0.000000193. The first kappa shape index (κ1) is 44.1. The Bertz CT molecular complexity index is 2340. The number of nitrogen functional groups attached to an aromatic ring is 1. The van der Waals surface area contributed by atoms with E-state index in [0.29, 0.717) is 28.5 Å². The van der Waals surface area contributed by atoms with Crippen molar-refractivity contribution in [3.05, 3.63) is 127 Å². The Morgan fingerprint density at radius 2 is 1.28 bits per heavy atom. The Labute approximate surface area is 340 Å². The Hall–Kier alpha value is -6.61. The summed E-state index contributed by atoms with van der Waals surface area (Å²) < 4.78 is 5.49. The van der Waals surface area contributed by atoms with E-state index in [9.17, 15) is 39.5 Å². The highest BCUT2D eigenvalue weighted by atomic mass is 35.5. The molecule has 16 heteroatoms. The van der Waals surface area contributed by atoms with Crippen LogP contribution in [-0.2, 0) is 9.59 Å². The summed E-state index contributed by atoms with van der Waals surface area (Å²) in [6, 6.07) is 21.7. The number of benzene rings is 4. The summed E-state index contributed by atoms with van der Waals surface area (Å²) >= 11 is 5.94. The molecular formula is C42H45ClN6O9. The number of para-hydroxylation sites is 1. The van der Waals surface area contributed by atoms with Crippen LogP contribution >= 0.6 is 11.6 Å². The third-order valence-electron chi connectivity index (χ3n) is 9.93. The minimum atomic E-state index is -1.03. The van der Waals surface area contributed by atoms with Gasteiger partial charge in [0.15, 0.2) is 0 Å². The number of ether oxygens (including phenoxy) is 1. The van der Waals surface area contributed by atoms with E-state index in [-0.39, 0.29) is 56.9 Å². The molecule has 304 valence electrons. The number of nitrogens with two attached hydrogens (primary N) is 1. The van der Waals surface area contributed by atoms with Gasteiger partial charge in [-0.2, -0.15) is 0 Å². The minimum Gasteiger partial charge on any atom is -0.478 e. The molecule has 0 aliphatic carbocycles. The van der Waals surface area contributed by atoms with Crippen molar-refractivity contribution < 1.29 is 39.1 Å². The first-order valence-corrected chi connectivity index (χ1v) is 18.4. The molecule has 0 bridgehead atoms. The Morgan fingerprint density at radius 3 is 1.76 bits per heavy atom. The van der Waals surface area contributed by atoms with Gasteiger partial charge >= 0.3 is 11.9 Å². The molecule has 0 saturated carbocycles. The molecule has 2 heterocycles. The van der Waals surface area contributed by atoms with Crippen LogP contribution in [0.5, 0.6) is 11.5 Å². The van der Waals surface area contributed by atoms with Gasteiger partial charge in [0, 0.05) is 17.2 Å². The number of nitro benzene ring substituents is 1. The van der Waals surface area contributed by atoms with Crippen LogP contribution in [0.25, 0.3) is 0 Å². The first-order valence-electron chi connectivity index (χ1n) is 18.1. The fraction of sp³-hybridized carbons (Fsp3) is 0.286. The van der Waals surface area contributed by atoms with Crippen LogP contribution < -0.4 is 21.1 Å². The molecule has 2 aliphatic heterocycles. The van der Waals surface area contributed by atoms with E-state index in [1.807, 2.05) is 53.7 Å². The minimum absolute atomic E-state index is 0.0260. The van der Waals surface area contributed by atoms with E-state index in [4.69, 9.17) is 22.1 Å². The van der Waals surface area contributed by atoms with Crippen LogP contribution in [0, 0.1) is 35.8 Å². The van der Waals surface area contributed by atoms with E-state index in [0.717, 1.165) is 11.1 Å². The molecule has 0 fully saturated rings. The van der Waals surface area contributed by atoms with Gasteiger partial charge in [-0.1, -0.05) is 86.8 Å². The van der Waals surface area contributed by atoms with Crippen molar-refractivity contribution in [2.45, 2.75) is 66.5 Å². The molecule has 58 heavy (non-hydrogen) atoms. The van der Waals surface area contributed by atoms with E-state index in [1.54, 1.807) is 62.4 Å². The average molecular weight is 813 g/mol. The number of carboxylic acids is 2. The maximum absolute atomic E-state index is 12.1. The molecule has 15 nitrogen and oxygen atoms in total. The van der Waals surface area contributed by atoms with Crippen LogP contribution in [0.4, 0.5) is 11.4 Å². The number of rotatable bonds is 9. The fourth-order valence-electron chi connectivity index (χ4n) is 5.63. The normalized spacial score (nSPS) is 18.2. The van der Waals surface area contributed by atoms with Gasteiger partial charge in [-0.3, -0.25) is 29.7 Å². The molecule has 0 saturated heterocycles. The van der Waals surface area contributed by atoms with Gasteiger partial charge in [-0.05, 0) is 75.9 Å². The lowest BCUT2D eigenvalue weighted by molar-refractivity contribution is -0.383. The molecule has 4 aromatic rings. The van der Waals surface area contributed by atoms with Crippen molar-refractivity contribution in [1.82, 2.24) is 10.6 Å². The number of amidine groups is 2. The van der Waals surface area contributed by atoms with Gasteiger partial charge in [-0.15, -0.1) is 0 Å². The van der Waals surface area contributed by atoms with Gasteiger partial charge in [0.1, 0.15) is 45.0 Å².